The first-order valence-electron chi connectivity index (χ1n) is 4.17. The van der Waals surface area contributed by atoms with E-state index in [2.05, 4.69) is 22.5 Å². The van der Waals surface area contributed by atoms with E-state index in [1.807, 2.05) is 30.3 Å². The average molecular weight is 255 g/mol. The highest BCUT2D eigenvalue weighted by molar-refractivity contribution is 9.11. The van der Waals surface area contributed by atoms with Crippen molar-refractivity contribution in [1.29, 1.82) is 0 Å². The Morgan fingerprint density at radius 2 is 2.00 bits per heavy atom. The Morgan fingerprint density at radius 3 is 2.43 bits per heavy atom. The van der Waals surface area contributed by atoms with Gasteiger partial charge in [-0.05, 0) is 5.56 Å². The molecule has 0 spiro atoms. The zero-order valence-corrected chi connectivity index (χ0v) is 9.45. The minimum Gasteiger partial charge on any atom is -0.452 e. The van der Waals surface area contributed by atoms with Crippen LogP contribution in [0.4, 0.5) is 0 Å². The van der Waals surface area contributed by atoms with Gasteiger partial charge in [-0.25, -0.2) is 0 Å². The number of hydrogen-bond acceptors (Lipinski definition) is 2. The molecular formula is C11H11BrO2. The van der Waals surface area contributed by atoms with Gasteiger partial charge in [-0.1, -0.05) is 52.8 Å². The number of halogens is 1. The zero-order chi connectivity index (χ0) is 10.6. The first-order chi connectivity index (χ1) is 6.61. The molecule has 0 aromatic heterocycles. The van der Waals surface area contributed by atoms with Gasteiger partial charge in [0.25, 0.3) is 0 Å². The quantitative estimate of drug-likeness (QED) is 0.775. The van der Waals surface area contributed by atoms with Crippen LogP contribution in [0, 0.1) is 0 Å². The Bertz CT molecular complexity index is 332. The number of ether oxygens (including phenoxy) is 1. The van der Waals surface area contributed by atoms with Crippen molar-refractivity contribution >= 4 is 21.9 Å². The van der Waals surface area contributed by atoms with Gasteiger partial charge in [0.05, 0.1) is 0 Å². The van der Waals surface area contributed by atoms with Crippen LogP contribution in [0.15, 0.2) is 41.4 Å². The molecule has 0 aliphatic carbocycles. The fraction of sp³-hybridized carbons (Fsp3) is 0.182. The van der Waals surface area contributed by atoms with Crippen LogP contribution in [0.1, 0.15) is 18.6 Å². The summed E-state index contributed by atoms with van der Waals surface area (Å²) in [6.07, 6.45) is -0.409. The van der Waals surface area contributed by atoms with E-state index >= 15 is 0 Å². The van der Waals surface area contributed by atoms with E-state index in [1.165, 1.54) is 6.92 Å². The molecule has 0 saturated carbocycles. The molecule has 3 heteroatoms. The number of benzene rings is 1. The molecule has 0 radical (unpaired) electrons. The van der Waals surface area contributed by atoms with Gasteiger partial charge in [-0.2, -0.15) is 0 Å². The molecule has 2 nitrogen and oxygen atoms in total. The predicted molar refractivity (Wildman–Crippen MR) is 59.0 cm³/mol. The van der Waals surface area contributed by atoms with Crippen molar-refractivity contribution in [2.75, 3.05) is 0 Å². The van der Waals surface area contributed by atoms with Crippen molar-refractivity contribution in [1.82, 2.24) is 0 Å². The fourth-order valence-corrected chi connectivity index (χ4v) is 1.46. The van der Waals surface area contributed by atoms with Crippen molar-refractivity contribution in [2.45, 2.75) is 13.0 Å². The van der Waals surface area contributed by atoms with E-state index < -0.39 is 6.10 Å². The lowest BCUT2D eigenvalue weighted by Crippen LogP contribution is -2.07. The maximum Gasteiger partial charge on any atom is 0.303 e. The molecule has 0 aliphatic rings. The van der Waals surface area contributed by atoms with Crippen molar-refractivity contribution < 1.29 is 9.53 Å². The second-order valence-electron chi connectivity index (χ2n) is 2.85. The molecule has 0 amide bonds. The molecule has 0 heterocycles. The van der Waals surface area contributed by atoms with Crippen LogP contribution in [0.5, 0.6) is 0 Å². The predicted octanol–water partition coefficient (Wildman–Crippen LogP) is 3.20. The second-order valence-corrected chi connectivity index (χ2v) is 3.87. The molecule has 14 heavy (non-hydrogen) atoms. The van der Waals surface area contributed by atoms with Crippen molar-refractivity contribution in [3.05, 3.63) is 47.0 Å². The normalized spacial score (nSPS) is 11.9. The summed E-state index contributed by atoms with van der Waals surface area (Å²) in [5.74, 6) is -0.320. The molecule has 0 bridgehead atoms. The van der Waals surface area contributed by atoms with Gasteiger partial charge in [-0.15, -0.1) is 0 Å². The molecule has 0 saturated heterocycles. The standard InChI is InChI=1S/C11H11BrO2/c1-8(12)11(14-9(2)13)10-6-4-3-5-7-10/h3-7,11H,1H2,2H3. The van der Waals surface area contributed by atoms with Crippen LogP contribution in [0.2, 0.25) is 0 Å². The first kappa shape index (κ1) is 11.0. The SMILES string of the molecule is C=C(Br)C(OC(C)=O)c1ccccc1. The summed E-state index contributed by atoms with van der Waals surface area (Å²) in [5.41, 5.74) is 0.907. The third kappa shape index (κ3) is 3.00. The molecule has 0 N–H and O–H groups in total. The fourth-order valence-electron chi connectivity index (χ4n) is 1.11. The van der Waals surface area contributed by atoms with Crippen LogP contribution in [0.3, 0.4) is 0 Å². The Kier molecular flexibility index (Phi) is 3.89. The van der Waals surface area contributed by atoms with Gasteiger partial charge in [0, 0.05) is 11.4 Å². The van der Waals surface area contributed by atoms with Crippen molar-refractivity contribution in [2.24, 2.45) is 0 Å². The number of hydrogen-bond donors (Lipinski definition) is 0. The van der Waals surface area contributed by atoms with E-state index in [4.69, 9.17) is 4.74 Å². The molecule has 1 aromatic carbocycles. The number of rotatable bonds is 3. The molecule has 74 valence electrons. The van der Waals surface area contributed by atoms with Gasteiger partial charge < -0.3 is 4.74 Å². The Morgan fingerprint density at radius 1 is 1.43 bits per heavy atom. The lowest BCUT2D eigenvalue weighted by atomic mass is 10.1. The van der Waals surface area contributed by atoms with Gasteiger partial charge >= 0.3 is 5.97 Å². The van der Waals surface area contributed by atoms with Crippen LogP contribution in [0.25, 0.3) is 0 Å². The minimum absolute atomic E-state index is 0.320. The summed E-state index contributed by atoms with van der Waals surface area (Å²) in [6, 6.07) is 9.47. The molecule has 1 rings (SSSR count). The lowest BCUT2D eigenvalue weighted by Gasteiger charge is -2.15. The lowest BCUT2D eigenvalue weighted by molar-refractivity contribution is -0.144. The first-order valence-corrected chi connectivity index (χ1v) is 4.97. The number of esters is 1. The third-order valence-corrected chi connectivity index (χ3v) is 2.09. The van der Waals surface area contributed by atoms with E-state index in [1.54, 1.807) is 0 Å². The monoisotopic (exact) mass is 254 g/mol. The molecule has 1 atom stereocenters. The van der Waals surface area contributed by atoms with Gasteiger partial charge in [0.1, 0.15) is 0 Å². The van der Waals surface area contributed by atoms with Crippen LogP contribution < -0.4 is 0 Å². The second kappa shape index (κ2) is 4.96. The van der Waals surface area contributed by atoms with Crippen LogP contribution in [-0.2, 0) is 9.53 Å². The van der Waals surface area contributed by atoms with Crippen LogP contribution in [-0.4, -0.2) is 5.97 Å². The van der Waals surface area contributed by atoms with Gasteiger partial charge in [-0.3, -0.25) is 4.79 Å². The smallest absolute Gasteiger partial charge is 0.303 e. The van der Waals surface area contributed by atoms with Gasteiger partial charge in [0.2, 0.25) is 0 Å². The van der Waals surface area contributed by atoms with E-state index in [9.17, 15) is 4.79 Å². The maximum atomic E-state index is 10.8. The zero-order valence-electron chi connectivity index (χ0n) is 7.87. The number of carbonyl (C=O) groups is 1. The highest BCUT2D eigenvalue weighted by Gasteiger charge is 2.15. The van der Waals surface area contributed by atoms with Crippen molar-refractivity contribution in [3.8, 4) is 0 Å². The van der Waals surface area contributed by atoms with E-state index in [0.29, 0.717) is 4.48 Å². The Balaban J connectivity index is 2.89. The summed E-state index contributed by atoms with van der Waals surface area (Å²) in [4.78, 5) is 10.8. The summed E-state index contributed by atoms with van der Waals surface area (Å²) in [7, 11) is 0. The Labute approximate surface area is 91.7 Å². The average Bonchev–Trinajstić information content (AvgIpc) is 2.15. The summed E-state index contributed by atoms with van der Waals surface area (Å²) in [6.45, 7) is 5.11. The third-order valence-electron chi connectivity index (χ3n) is 1.67. The topological polar surface area (TPSA) is 26.3 Å². The van der Waals surface area contributed by atoms with E-state index in [-0.39, 0.29) is 5.97 Å². The maximum absolute atomic E-state index is 10.8. The summed E-state index contributed by atoms with van der Waals surface area (Å²) < 4.78 is 5.75. The molecule has 0 aliphatic heterocycles. The molecular weight excluding hydrogens is 244 g/mol. The van der Waals surface area contributed by atoms with Crippen molar-refractivity contribution in [3.63, 3.8) is 0 Å². The minimum atomic E-state index is -0.409. The van der Waals surface area contributed by atoms with E-state index in [0.717, 1.165) is 5.56 Å². The highest BCUT2D eigenvalue weighted by Crippen LogP contribution is 2.28. The number of carbonyl (C=O) groups excluding carboxylic acids is 1. The highest BCUT2D eigenvalue weighted by atomic mass is 79.9. The summed E-state index contributed by atoms with van der Waals surface area (Å²) in [5, 5.41) is 0. The van der Waals surface area contributed by atoms with Crippen LogP contribution >= 0.6 is 15.9 Å². The molecule has 1 unspecified atom stereocenters. The largest absolute Gasteiger partial charge is 0.452 e. The van der Waals surface area contributed by atoms with Gasteiger partial charge in [0.15, 0.2) is 6.10 Å². The summed E-state index contributed by atoms with van der Waals surface area (Å²) >= 11 is 3.23. The Hall–Kier alpha value is -1.09. The molecule has 0 fully saturated rings. The molecule has 1 aromatic rings.